The van der Waals surface area contributed by atoms with Gasteiger partial charge in [0.2, 0.25) is 10.0 Å². The van der Waals surface area contributed by atoms with Gasteiger partial charge in [-0.3, -0.25) is 0 Å². The van der Waals surface area contributed by atoms with Gasteiger partial charge in [-0.2, -0.15) is 5.26 Å². The maximum atomic E-state index is 10.8. The summed E-state index contributed by atoms with van der Waals surface area (Å²) in [6.07, 6.45) is 4.83. The number of rotatable bonds is 8. The third-order valence-electron chi connectivity index (χ3n) is 2.81. The van der Waals surface area contributed by atoms with Crippen molar-refractivity contribution in [3.63, 3.8) is 0 Å². The molecule has 6 heteroatoms. The predicted molar refractivity (Wildman–Crippen MR) is 62.2 cm³/mol. The summed E-state index contributed by atoms with van der Waals surface area (Å²) in [5.41, 5.74) is 0.221. The summed E-state index contributed by atoms with van der Waals surface area (Å²) in [7, 11) is -3.06. The number of hydrogen-bond donors (Lipinski definition) is 2. The molecule has 16 heavy (non-hydrogen) atoms. The molecular formula is C10H19N3O2S. The van der Waals surface area contributed by atoms with Crippen molar-refractivity contribution in [2.75, 3.05) is 25.9 Å². The lowest BCUT2D eigenvalue weighted by molar-refractivity contribution is 0.463. The molecule has 1 fully saturated rings. The summed E-state index contributed by atoms with van der Waals surface area (Å²) < 4.78 is 23.9. The Labute approximate surface area is 97.3 Å². The Kier molecular flexibility index (Phi) is 4.71. The highest BCUT2D eigenvalue weighted by molar-refractivity contribution is 7.88. The van der Waals surface area contributed by atoms with E-state index in [9.17, 15) is 8.42 Å². The number of hydrogen-bond acceptors (Lipinski definition) is 4. The van der Waals surface area contributed by atoms with E-state index in [0.717, 1.165) is 38.6 Å². The van der Waals surface area contributed by atoms with E-state index in [2.05, 4.69) is 16.1 Å². The molecule has 0 heterocycles. The second-order valence-electron chi connectivity index (χ2n) is 4.53. The van der Waals surface area contributed by atoms with E-state index < -0.39 is 10.0 Å². The molecule has 0 saturated heterocycles. The smallest absolute Gasteiger partial charge is 0.208 e. The Morgan fingerprint density at radius 1 is 1.38 bits per heavy atom. The topological polar surface area (TPSA) is 82.0 Å². The monoisotopic (exact) mass is 245 g/mol. The van der Waals surface area contributed by atoms with Gasteiger partial charge in [-0.05, 0) is 31.2 Å². The highest BCUT2D eigenvalue weighted by Gasteiger charge is 2.41. The first kappa shape index (κ1) is 13.4. The Morgan fingerprint density at radius 2 is 2.06 bits per heavy atom. The Hall–Kier alpha value is -0.640. The summed E-state index contributed by atoms with van der Waals surface area (Å²) in [5, 5.41) is 11.9. The molecule has 92 valence electrons. The highest BCUT2D eigenvalue weighted by atomic mass is 32.2. The molecule has 1 saturated carbocycles. The molecule has 0 radical (unpaired) electrons. The summed E-state index contributed by atoms with van der Waals surface area (Å²) in [6, 6.07) is 2.21. The van der Waals surface area contributed by atoms with E-state index in [1.54, 1.807) is 0 Å². The molecule has 0 atom stereocenters. The van der Waals surface area contributed by atoms with Crippen LogP contribution in [0.5, 0.6) is 0 Å². The lowest BCUT2D eigenvalue weighted by atomic mass is 10.0. The molecular weight excluding hydrogens is 226 g/mol. The largest absolute Gasteiger partial charge is 0.316 e. The average Bonchev–Trinajstić information content (AvgIpc) is 2.91. The van der Waals surface area contributed by atoms with Crippen molar-refractivity contribution in [3.8, 4) is 6.07 Å². The molecule has 0 aromatic rings. The van der Waals surface area contributed by atoms with Gasteiger partial charge in [0.15, 0.2) is 0 Å². The van der Waals surface area contributed by atoms with Crippen LogP contribution in [0.3, 0.4) is 0 Å². The summed E-state index contributed by atoms with van der Waals surface area (Å²) in [5.74, 6) is 0. The lowest BCUT2D eigenvalue weighted by Gasteiger charge is -2.11. The second kappa shape index (κ2) is 5.62. The highest BCUT2D eigenvalue weighted by Crippen LogP contribution is 2.47. The third kappa shape index (κ3) is 5.45. The zero-order valence-corrected chi connectivity index (χ0v) is 10.4. The van der Waals surface area contributed by atoms with Crippen molar-refractivity contribution in [3.05, 3.63) is 0 Å². The predicted octanol–water partition coefficient (Wildman–Crippen LogP) is 0.209. The maximum absolute atomic E-state index is 10.8. The maximum Gasteiger partial charge on any atom is 0.208 e. The molecule has 0 aromatic carbocycles. The quantitative estimate of drug-likeness (QED) is 0.599. The van der Waals surface area contributed by atoms with Crippen LogP contribution in [0.25, 0.3) is 0 Å². The van der Waals surface area contributed by atoms with Crippen LogP contribution in [-0.2, 0) is 10.0 Å². The third-order valence-corrected chi connectivity index (χ3v) is 3.53. The minimum atomic E-state index is -3.06. The first-order valence-corrected chi connectivity index (χ1v) is 7.39. The molecule has 0 spiro atoms. The van der Waals surface area contributed by atoms with E-state index in [0.29, 0.717) is 13.0 Å². The molecule has 1 aliphatic carbocycles. The molecule has 1 aliphatic rings. The van der Waals surface area contributed by atoms with Crippen LogP contribution in [0.15, 0.2) is 0 Å². The molecule has 0 amide bonds. The number of nitrogens with one attached hydrogen (secondary N) is 2. The first-order valence-electron chi connectivity index (χ1n) is 5.50. The van der Waals surface area contributed by atoms with Crippen molar-refractivity contribution in [1.29, 1.82) is 5.26 Å². The standard InChI is InChI=1S/C10H19N3O2S/c1-16(14,15)13-8-2-7-12-9-10(3-4-10)5-6-11/h12-13H,2-5,7-9H2,1H3. The van der Waals surface area contributed by atoms with Crippen molar-refractivity contribution < 1.29 is 8.42 Å². The van der Waals surface area contributed by atoms with Gasteiger partial charge in [0.05, 0.1) is 12.3 Å². The normalized spacial score (nSPS) is 18.0. The Morgan fingerprint density at radius 3 is 2.56 bits per heavy atom. The van der Waals surface area contributed by atoms with Gasteiger partial charge in [-0.15, -0.1) is 0 Å². The minimum absolute atomic E-state index is 0.221. The van der Waals surface area contributed by atoms with Gasteiger partial charge in [0, 0.05) is 19.5 Å². The van der Waals surface area contributed by atoms with Crippen molar-refractivity contribution >= 4 is 10.0 Å². The summed E-state index contributed by atoms with van der Waals surface area (Å²) >= 11 is 0. The van der Waals surface area contributed by atoms with Crippen LogP contribution in [0.2, 0.25) is 0 Å². The van der Waals surface area contributed by atoms with E-state index >= 15 is 0 Å². The van der Waals surface area contributed by atoms with Crippen molar-refractivity contribution in [2.24, 2.45) is 5.41 Å². The van der Waals surface area contributed by atoms with Crippen LogP contribution in [-0.4, -0.2) is 34.3 Å². The van der Waals surface area contributed by atoms with Gasteiger partial charge in [0.25, 0.3) is 0 Å². The second-order valence-corrected chi connectivity index (χ2v) is 6.36. The summed E-state index contributed by atoms with van der Waals surface area (Å²) in [4.78, 5) is 0. The molecule has 1 rings (SSSR count). The van der Waals surface area contributed by atoms with Crippen LogP contribution >= 0.6 is 0 Å². The van der Waals surface area contributed by atoms with E-state index in [-0.39, 0.29) is 5.41 Å². The van der Waals surface area contributed by atoms with Gasteiger partial charge in [-0.1, -0.05) is 0 Å². The first-order chi connectivity index (χ1) is 7.47. The molecule has 2 N–H and O–H groups in total. The van der Waals surface area contributed by atoms with E-state index in [4.69, 9.17) is 5.26 Å². The fourth-order valence-corrected chi connectivity index (χ4v) is 2.10. The van der Waals surface area contributed by atoms with Crippen LogP contribution < -0.4 is 10.0 Å². The SMILES string of the molecule is CS(=O)(=O)NCCCNCC1(CC#N)CC1. The van der Waals surface area contributed by atoms with Crippen LogP contribution in [0.4, 0.5) is 0 Å². The van der Waals surface area contributed by atoms with E-state index in [1.807, 2.05) is 0 Å². The fraction of sp³-hybridized carbons (Fsp3) is 0.900. The van der Waals surface area contributed by atoms with Gasteiger partial charge in [0.1, 0.15) is 0 Å². The summed E-state index contributed by atoms with van der Waals surface area (Å²) in [6.45, 7) is 2.13. The molecule has 0 bridgehead atoms. The zero-order chi connectivity index (χ0) is 12.1. The van der Waals surface area contributed by atoms with Gasteiger partial charge < -0.3 is 5.32 Å². The van der Waals surface area contributed by atoms with Crippen molar-refractivity contribution in [1.82, 2.24) is 10.0 Å². The Balaban J connectivity index is 1.99. The zero-order valence-electron chi connectivity index (χ0n) is 9.62. The van der Waals surface area contributed by atoms with Crippen molar-refractivity contribution in [2.45, 2.75) is 25.7 Å². The molecule has 5 nitrogen and oxygen atoms in total. The molecule has 0 aromatic heterocycles. The number of nitriles is 1. The average molecular weight is 245 g/mol. The van der Waals surface area contributed by atoms with Gasteiger partial charge in [-0.25, -0.2) is 13.1 Å². The fourth-order valence-electron chi connectivity index (χ4n) is 1.59. The van der Waals surface area contributed by atoms with Crippen LogP contribution in [0, 0.1) is 16.7 Å². The Bertz CT molecular complexity index is 355. The number of nitrogens with zero attached hydrogens (tertiary/aromatic N) is 1. The molecule has 0 unspecified atom stereocenters. The lowest BCUT2D eigenvalue weighted by Crippen LogP contribution is -2.29. The van der Waals surface area contributed by atoms with Crippen LogP contribution in [0.1, 0.15) is 25.7 Å². The number of sulfonamides is 1. The van der Waals surface area contributed by atoms with E-state index in [1.165, 1.54) is 0 Å². The molecule has 0 aliphatic heterocycles. The minimum Gasteiger partial charge on any atom is -0.316 e. The van der Waals surface area contributed by atoms with Gasteiger partial charge >= 0.3 is 0 Å².